The van der Waals surface area contributed by atoms with Crippen molar-refractivity contribution in [1.29, 1.82) is 0 Å². The van der Waals surface area contributed by atoms with E-state index < -0.39 is 10.9 Å². The van der Waals surface area contributed by atoms with E-state index in [1.165, 1.54) is 31.2 Å². The average Bonchev–Trinajstić information content (AvgIpc) is 2.40. The third kappa shape index (κ3) is 3.16. The van der Waals surface area contributed by atoms with Crippen molar-refractivity contribution in [2.24, 2.45) is 0 Å². The molecule has 0 unspecified atom stereocenters. The fourth-order valence-corrected chi connectivity index (χ4v) is 2.10. The number of carbonyl (C=O) groups is 1. The van der Waals surface area contributed by atoms with Crippen LogP contribution in [0.2, 0.25) is 0 Å². The molecule has 0 aliphatic carbocycles. The maximum Gasteiger partial charge on any atom is 0.337 e. The van der Waals surface area contributed by atoms with Crippen molar-refractivity contribution in [1.82, 2.24) is 4.98 Å². The Morgan fingerprint density at radius 2 is 2.10 bits per heavy atom. The van der Waals surface area contributed by atoms with Gasteiger partial charge in [-0.05, 0) is 35.0 Å². The van der Waals surface area contributed by atoms with Crippen LogP contribution in [0.15, 0.2) is 34.8 Å². The van der Waals surface area contributed by atoms with Crippen LogP contribution < -0.4 is 4.74 Å². The minimum atomic E-state index is -1.10. The molecule has 1 aromatic heterocycles. The highest BCUT2D eigenvalue weighted by atomic mass is 79.9. The summed E-state index contributed by atoms with van der Waals surface area (Å²) in [6.07, 6.45) is 0. The van der Waals surface area contributed by atoms with Crippen LogP contribution in [0.25, 0.3) is 0 Å². The van der Waals surface area contributed by atoms with Crippen molar-refractivity contribution < 1.29 is 19.6 Å². The Labute approximate surface area is 127 Å². The van der Waals surface area contributed by atoms with E-state index in [0.717, 1.165) is 0 Å². The zero-order valence-corrected chi connectivity index (χ0v) is 12.3. The number of nitro groups is 1. The van der Waals surface area contributed by atoms with Gasteiger partial charge in [-0.1, -0.05) is 6.07 Å². The minimum Gasteiger partial charge on any atom is -0.478 e. The zero-order chi connectivity index (χ0) is 15.6. The third-order valence-corrected chi connectivity index (χ3v) is 3.26. The van der Waals surface area contributed by atoms with Crippen LogP contribution >= 0.6 is 15.9 Å². The Kier molecular flexibility index (Phi) is 4.18. The number of rotatable bonds is 4. The number of hydrogen-bond acceptors (Lipinski definition) is 5. The summed E-state index contributed by atoms with van der Waals surface area (Å²) in [4.78, 5) is 25.3. The molecule has 8 heteroatoms. The second-order valence-corrected chi connectivity index (χ2v) is 4.89. The summed E-state index contributed by atoms with van der Waals surface area (Å²) < 4.78 is 5.83. The van der Waals surface area contributed by atoms with Gasteiger partial charge in [-0.3, -0.25) is 10.1 Å². The summed E-state index contributed by atoms with van der Waals surface area (Å²) in [5.74, 6) is -1.01. The number of para-hydroxylation sites is 1. The first-order chi connectivity index (χ1) is 9.90. The standard InChI is InChI=1S/C13H9BrN2O5/c1-7-8(13(17)18)5-6-11(15-7)21-12-9(14)3-2-4-10(12)16(19)20/h2-6H,1H3,(H,17,18). The largest absolute Gasteiger partial charge is 0.478 e. The van der Waals surface area contributed by atoms with Gasteiger partial charge in [0.1, 0.15) is 0 Å². The third-order valence-electron chi connectivity index (χ3n) is 2.64. The number of ether oxygens (including phenoxy) is 1. The Bertz CT molecular complexity index is 732. The summed E-state index contributed by atoms with van der Waals surface area (Å²) in [5.41, 5.74) is 0.0878. The molecule has 0 saturated heterocycles. The Morgan fingerprint density at radius 3 is 2.67 bits per heavy atom. The molecule has 1 heterocycles. The van der Waals surface area contributed by atoms with Gasteiger partial charge in [0, 0.05) is 12.1 Å². The number of pyridine rings is 1. The Morgan fingerprint density at radius 1 is 1.38 bits per heavy atom. The summed E-state index contributed by atoms with van der Waals surface area (Å²) in [7, 11) is 0. The average molecular weight is 353 g/mol. The normalized spacial score (nSPS) is 10.2. The Balaban J connectivity index is 2.41. The number of benzene rings is 1. The molecule has 0 aliphatic rings. The predicted molar refractivity (Wildman–Crippen MR) is 76.8 cm³/mol. The number of carboxylic acid groups (broad SMARTS) is 1. The number of halogens is 1. The van der Waals surface area contributed by atoms with Gasteiger partial charge in [-0.15, -0.1) is 0 Å². The molecule has 0 radical (unpaired) electrons. The Hall–Kier alpha value is -2.48. The van der Waals surface area contributed by atoms with E-state index in [1.54, 1.807) is 6.07 Å². The second-order valence-electron chi connectivity index (χ2n) is 4.03. The van der Waals surface area contributed by atoms with Gasteiger partial charge in [0.05, 0.1) is 20.7 Å². The van der Waals surface area contributed by atoms with Crippen LogP contribution in [0.5, 0.6) is 11.6 Å². The molecule has 2 rings (SSSR count). The van der Waals surface area contributed by atoms with Crippen LogP contribution in [0.1, 0.15) is 16.1 Å². The lowest BCUT2D eigenvalue weighted by molar-refractivity contribution is -0.385. The highest BCUT2D eigenvalue weighted by Crippen LogP contribution is 2.37. The molecule has 7 nitrogen and oxygen atoms in total. The van der Waals surface area contributed by atoms with Crippen molar-refractivity contribution in [2.75, 3.05) is 0 Å². The van der Waals surface area contributed by atoms with E-state index in [0.29, 0.717) is 4.47 Å². The maximum atomic E-state index is 11.0. The number of aromatic carboxylic acids is 1. The van der Waals surface area contributed by atoms with Gasteiger partial charge in [-0.2, -0.15) is 0 Å². The summed E-state index contributed by atoms with van der Waals surface area (Å²) in [5, 5.41) is 19.9. The number of nitrogens with zero attached hydrogens (tertiary/aromatic N) is 2. The summed E-state index contributed by atoms with van der Waals surface area (Å²) in [6, 6.07) is 7.10. The van der Waals surface area contributed by atoms with E-state index in [2.05, 4.69) is 20.9 Å². The first-order valence-electron chi connectivity index (χ1n) is 5.72. The molecule has 21 heavy (non-hydrogen) atoms. The van der Waals surface area contributed by atoms with Crippen molar-refractivity contribution in [3.05, 3.63) is 56.2 Å². The number of aryl methyl sites for hydroxylation is 1. The van der Waals surface area contributed by atoms with Gasteiger partial charge < -0.3 is 9.84 Å². The van der Waals surface area contributed by atoms with Crippen molar-refractivity contribution in [3.8, 4) is 11.6 Å². The number of aromatic nitrogens is 1. The van der Waals surface area contributed by atoms with E-state index in [-0.39, 0.29) is 28.6 Å². The molecule has 0 amide bonds. The molecule has 108 valence electrons. The van der Waals surface area contributed by atoms with Crippen LogP contribution in [0.4, 0.5) is 5.69 Å². The maximum absolute atomic E-state index is 11.0. The smallest absolute Gasteiger partial charge is 0.337 e. The molecule has 1 aromatic carbocycles. The van der Waals surface area contributed by atoms with Gasteiger partial charge in [0.25, 0.3) is 0 Å². The molecule has 2 aromatic rings. The zero-order valence-electron chi connectivity index (χ0n) is 10.7. The molecule has 1 N–H and O–H groups in total. The molecule has 0 spiro atoms. The molecule has 0 bridgehead atoms. The molecular formula is C13H9BrN2O5. The lowest BCUT2D eigenvalue weighted by Crippen LogP contribution is -2.03. The van der Waals surface area contributed by atoms with Crippen LogP contribution in [0.3, 0.4) is 0 Å². The van der Waals surface area contributed by atoms with Crippen molar-refractivity contribution in [3.63, 3.8) is 0 Å². The number of hydrogen-bond donors (Lipinski definition) is 1. The topological polar surface area (TPSA) is 103 Å². The molecule has 0 saturated carbocycles. The quantitative estimate of drug-likeness (QED) is 0.666. The minimum absolute atomic E-state index is 0.0116. The first kappa shape index (κ1) is 14.9. The van der Waals surface area contributed by atoms with E-state index in [9.17, 15) is 14.9 Å². The molecule has 0 atom stereocenters. The van der Waals surface area contributed by atoms with Crippen LogP contribution in [-0.4, -0.2) is 21.0 Å². The first-order valence-corrected chi connectivity index (χ1v) is 6.51. The lowest BCUT2D eigenvalue weighted by atomic mass is 10.2. The highest BCUT2D eigenvalue weighted by molar-refractivity contribution is 9.10. The monoisotopic (exact) mass is 352 g/mol. The molecular weight excluding hydrogens is 344 g/mol. The van der Waals surface area contributed by atoms with E-state index in [4.69, 9.17) is 9.84 Å². The van der Waals surface area contributed by atoms with Gasteiger partial charge in [0.2, 0.25) is 11.6 Å². The fourth-order valence-electron chi connectivity index (χ4n) is 1.67. The van der Waals surface area contributed by atoms with Crippen LogP contribution in [0, 0.1) is 17.0 Å². The van der Waals surface area contributed by atoms with E-state index >= 15 is 0 Å². The van der Waals surface area contributed by atoms with Gasteiger partial charge >= 0.3 is 11.7 Å². The summed E-state index contributed by atoms with van der Waals surface area (Å²) in [6.45, 7) is 1.52. The number of carboxylic acids is 1. The summed E-state index contributed by atoms with van der Waals surface area (Å²) >= 11 is 3.18. The number of nitro benzene ring substituents is 1. The SMILES string of the molecule is Cc1nc(Oc2c(Br)cccc2[N+](=O)[O-])ccc1C(=O)O. The van der Waals surface area contributed by atoms with Crippen molar-refractivity contribution in [2.45, 2.75) is 6.92 Å². The second kappa shape index (κ2) is 5.88. The van der Waals surface area contributed by atoms with E-state index in [1.807, 2.05) is 0 Å². The van der Waals surface area contributed by atoms with Crippen LogP contribution in [-0.2, 0) is 0 Å². The lowest BCUT2D eigenvalue weighted by Gasteiger charge is -2.08. The van der Waals surface area contributed by atoms with Crippen molar-refractivity contribution >= 4 is 27.6 Å². The fraction of sp³-hybridized carbons (Fsp3) is 0.0769. The van der Waals surface area contributed by atoms with Gasteiger partial charge in [-0.25, -0.2) is 9.78 Å². The molecule has 0 fully saturated rings. The van der Waals surface area contributed by atoms with Gasteiger partial charge in [0.15, 0.2) is 0 Å². The highest BCUT2D eigenvalue weighted by Gasteiger charge is 2.19. The molecule has 0 aliphatic heterocycles. The predicted octanol–water partition coefficient (Wildman–Crippen LogP) is 3.55.